The number of aryl methyl sites for hydroxylation is 1. The lowest BCUT2D eigenvalue weighted by atomic mass is 10.2. The molecule has 8 heteroatoms. The van der Waals surface area contributed by atoms with Gasteiger partial charge >= 0.3 is 0 Å². The van der Waals surface area contributed by atoms with E-state index in [0.717, 1.165) is 16.9 Å². The largest absolute Gasteiger partial charge is 0.395 e. The summed E-state index contributed by atoms with van der Waals surface area (Å²) in [5.74, 6) is 2.29. The molecule has 3 rings (SSSR count). The first-order chi connectivity index (χ1) is 11.5. The standard InChI is InChI=1S/C16H21N7O/c1-10-3-4-11-12(7-10)20-14(19-11)9-23(2)15-8-13(18-5-6-24)21-16(17)22-15/h3-4,7-8,24H,5-6,9H2,1-2H3,(H,19,20)(H3,17,18,21,22). The highest BCUT2D eigenvalue weighted by Crippen LogP contribution is 2.19. The minimum Gasteiger partial charge on any atom is -0.395 e. The zero-order valence-electron chi connectivity index (χ0n) is 13.7. The number of nitrogens with one attached hydrogen (secondary N) is 2. The van der Waals surface area contributed by atoms with Crippen molar-refractivity contribution in [1.29, 1.82) is 0 Å². The van der Waals surface area contributed by atoms with Crippen LogP contribution in [-0.4, -0.2) is 45.2 Å². The van der Waals surface area contributed by atoms with E-state index in [4.69, 9.17) is 10.8 Å². The Morgan fingerprint density at radius 2 is 2.08 bits per heavy atom. The molecule has 0 radical (unpaired) electrons. The molecule has 8 nitrogen and oxygen atoms in total. The molecule has 0 spiro atoms. The van der Waals surface area contributed by atoms with Crippen molar-refractivity contribution in [2.45, 2.75) is 13.5 Å². The third-order valence-electron chi connectivity index (χ3n) is 3.61. The van der Waals surface area contributed by atoms with Gasteiger partial charge in [-0.05, 0) is 24.6 Å². The van der Waals surface area contributed by atoms with Crippen molar-refractivity contribution in [3.8, 4) is 0 Å². The summed E-state index contributed by atoms with van der Waals surface area (Å²) in [5.41, 5.74) is 8.92. The van der Waals surface area contributed by atoms with Crippen LogP contribution in [0.5, 0.6) is 0 Å². The van der Waals surface area contributed by atoms with E-state index < -0.39 is 0 Å². The molecule has 0 saturated heterocycles. The van der Waals surface area contributed by atoms with Crippen molar-refractivity contribution < 1.29 is 5.11 Å². The first kappa shape index (κ1) is 16.0. The smallest absolute Gasteiger partial charge is 0.223 e. The number of rotatable bonds is 6. The summed E-state index contributed by atoms with van der Waals surface area (Å²) in [6, 6.07) is 7.91. The third kappa shape index (κ3) is 3.54. The van der Waals surface area contributed by atoms with Gasteiger partial charge in [0, 0.05) is 19.7 Å². The second kappa shape index (κ2) is 6.71. The molecular formula is C16H21N7O. The number of nitrogens with two attached hydrogens (primary N) is 1. The predicted molar refractivity (Wildman–Crippen MR) is 95.0 cm³/mol. The minimum atomic E-state index is 0.0213. The number of anilines is 3. The van der Waals surface area contributed by atoms with E-state index in [9.17, 15) is 0 Å². The van der Waals surface area contributed by atoms with Crippen LogP contribution in [0.2, 0.25) is 0 Å². The topological polar surface area (TPSA) is 116 Å². The summed E-state index contributed by atoms with van der Waals surface area (Å²) in [6.07, 6.45) is 0. The number of fused-ring (bicyclic) bond motifs is 1. The van der Waals surface area contributed by atoms with Gasteiger partial charge in [-0.25, -0.2) is 4.98 Å². The number of hydrogen-bond acceptors (Lipinski definition) is 7. The quantitative estimate of drug-likeness (QED) is 0.539. The van der Waals surface area contributed by atoms with Crippen molar-refractivity contribution in [3.05, 3.63) is 35.7 Å². The van der Waals surface area contributed by atoms with Crippen molar-refractivity contribution in [3.63, 3.8) is 0 Å². The summed E-state index contributed by atoms with van der Waals surface area (Å²) < 4.78 is 0. The van der Waals surface area contributed by atoms with Gasteiger partial charge in [-0.2, -0.15) is 9.97 Å². The lowest BCUT2D eigenvalue weighted by Gasteiger charge is -2.18. The van der Waals surface area contributed by atoms with Crippen LogP contribution < -0.4 is 16.0 Å². The van der Waals surface area contributed by atoms with Gasteiger partial charge in [0.1, 0.15) is 17.5 Å². The Bertz CT molecular complexity index is 846. The Balaban J connectivity index is 1.80. The number of hydrogen-bond donors (Lipinski definition) is 4. The van der Waals surface area contributed by atoms with E-state index in [2.05, 4.69) is 38.2 Å². The van der Waals surface area contributed by atoms with Crippen LogP contribution in [0, 0.1) is 6.92 Å². The molecule has 0 fully saturated rings. The molecule has 2 heterocycles. The highest BCUT2D eigenvalue weighted by atomic mass is 16.3. The molecule has 0 atom stereocenters. The van der Waals surface area contributed by atoms with Crippen LogP contribution >= 0.6 is 0 Å². The van der Waals surface area contributed by atoms with Gasteiger partial charge in [-0.15, -0.1) is 0 Å². The molecule has 0 aliphatic heterocycles. The molecular weight excluding hydrogens is 306 g/mol. The Morgan fingerprint density at radius 1 is 1.25 bits per heavy atom. The van der Waals surface area contributed by atoms with Crippen LogP contribution in [0.1, 0.15) is 11.4 Å². The first-order valence-electron chi connectivity index (χ1n) is 7.71. The van der Waals surface area contributed by atoms with Crippen molar-refractivity contribution in [2.24, 2.45) is 0 Å². The van der Waals surface area contributed by atoms with Gasteiger partial charge in [0.15, 0.2) is 0 Å². The maximum atomic E-state index is 8.90. The van der Waals surface area contributed by atoms with Gasteiger partial charge < -0.3 is 26.0 Å². The van der Waals surface area contributed by atoms with Crippen LogP contribution in [0.15, 0.2) is 24.3 Å². The molecule has 0 aliphatic rings. The monoisotopic (exact) mass is 327 g/mol. The van der Waals surface area contributed by atoms with Crippen molar-refractivity contribution in [2.75, 3.05) is 36.1 Å². The molecule has 0 aliphatic carbocycles. The molecule has 1 aromatic carbocycles. The van der Waals surface area contributed by atoms with Gasteiger partial charge in [0.2, 0.25) is 5.95 Å². The average molecular weight is 327 g/mol. The molecule has 0 bridgehead atoms. The average Bonchev–Trinajstić information content (AvgIpc) is 2.93. The molecule has 0 amide bonds. The Kier molecular flexibility index (Phi) is 4.48. The third-order valence-corrected chi connectivity index (χ3v) is 3.61. The van der Waals surface area contributed by atoms with Crippen LogP contribution in [0.3, 0.4) is 0 Å². The number of aliphatic hydroxyl groups excluding tert-OH is 1. The van der Waals surface area contributed by atoms with E-state index in [1.54, 1.807) is 6.07 Å². The van der Waals surface area contributed by atoms with Gasteiger partial charge in [-0.1, -0.05) is 6.07 Å². The number of nitrogen functional groups attached to an aromatic ring is 1. The second-order valence-electron chi connectivity index (χ2n) is 5.68. The summed E-state index contributed by atoms with van der Waals surface area (Å²) in [7, 11) is 1.91. The molecule has 24 heavy (non-hydrogen) atoms. The van der Waals surface area contributed by atoms with Crippen molar-refractivity contribution in [1.82, 2.24) is 19.9 Å². The van der Waals surface area contributed by atoms with Gasteiger partial charge in [-0.3, -0.25) is 0 Å². The lowest BCUT2D eigenvalue weighted by molar-refractivity contribution is 0.311. The van der Waals surface area contributed by atoms with E-state index in [1.807, 2.05) is 24.1 Å². The van der Waals surface area contributed by atoms with E-state index in [-0.39, 0.29) is 12.6 Å². The fraction of sp³-hybridized carbons (Fsp3) is 0.312. The minimum absolute atomic E-state index is 0.0213. The predicted octanol–water partition coefficient (Wildman–Crippen LogP) is 1.28. The van der Waals surface area contributed by atoms with E-state index in [0.29, 0.717) is 24.7 Å². The number of aliphatic hydroxyl groups is 1. The van der Waals surface area contributed by atoms with Crippen molar-refractivity contribution >= 4 is 28.6 Å². The highest BCUT2D eigenvalue weighted by Gasteiger charge is 2.10. The number of benzene rings is 1. The lowest BCUT2D eigenvalue weighted by Crippen LogP contribution is -2.20. The van der Waals surface area contributed by atoms with Crippen LogP contribution in [0.25, 0.3) is 11.0 Å². The fourth-order valence-corrected chi connectivity index (χ4v) is 2.48. The number of imidazole rings is 1. The fourth-order valence-electron chi connectivity index (χ4n) is 2.48. The summed E-state index contributed by atoms with van der Waals surface area (Å²) >= 11 is 0. The molecule has 126 valence electrons. The van der Waals surface area contributed by atoms with Gasteiger partial charge in [0.25, 0.3) is 0 Å². The number of H-pyrrole nitrogens is 1. The normalized spacial score (nSPS) is 11.0. The Hall–Kier alpha value is -2.87. The SMILES string of the molecule is Cc1ccc2nc(CN(C)c3cc(NCCO)nc(N)n3)[nH]c2c1. The molecule has 5 N–H and O–H groups in total. The number of aromatic amines is 1. The number of nitrogens with zero attached hydrogens (tertiary/aromatic N) is 4. The molecule has 0 saturated carbocycles. The summed E-state index contributed by atoms with van der Waals surface area (Å²) in [4.78, 5) is 18.2. The number of aromatic nitrogens is 4. The van der Waals surface area contributed by atoms with E-state index >= 15 is 0 Å². The Morgan fingerprint density at radius 3 is 2.88 bits per heavy atom. The molecule has 0 unspecified atom stereocenters. The maximum absolute atomic E-state index is 8.90. The summed E-state index contributed by atoms with van der Waals surface area (Å²) in [6.45, 7) is 3.04. The first-order valence-corrected chi connectivity index (χ1v) is 7.71. The van der Waals surface area contributed by atoms with Crippen LogP contribution in [-0.2, 0) is 6.54 Å². The maximum Gasteiger partial charge on any atom is 0.223 e. The molecule has 3 aromatic rings. The van der Waals surface area contributed by atoms with Gasteiger partial charge in [0.05, 0.1) is 24.2 Å². The zero-order chi connectivity index (χ0) is 17.1. The van der Waals surface area contributed by atoms with E-state index in [1.165, 1.54) is 5.56 Å². The zero-order valence-corrected chi connectivity index (χ0v) is 13.7. The Labute approximate surface area is 139 Å². The summed E-state index contributed by atoms with van der Waals surface area (Å²) in [5, 5.41) is 11.9. The second-order valence-corrected chi connectivity index (χ2v) is 5.68. The highest BCUT2D eigenvalue weighted by molar-refractivity contribution is 5.75. The molecule has 2 aromatic heterocycles. The van der Waals surface area contributed by atoms with Crippen LogP contribution in [0.4, 0.5) is 17.6 Å².